The number of nitrogens with one attached hydrogen (secondary N) is 2. The van der Waals surface area contributed by atoms with Gasteiger partial charge in [0.25, 0.3) is 0 Å². The first-order valence-electron chi connectivity index (χ1n) is 11.2. The van der Waals surface area contributed by atoms with Gasteiger partial charge in [-0.3, -0.25) is 4.98 Å². The van der Waals surface area contributed by atoms with Crippen molar-refractivity contribution in [3.05, 3.63) is 89.9 Å². The minimum absolute atomic E-state index is 0.0647. The number of nitrogens with zero attached hydrogens (tertiary/aromatic N) is 2. The summed E-state index contributed by atoms with van der Waals surface area (Å²) in [5.41, 5.74) is 1.19. The molecular formula is C27H22F2N4O3S. The maximum atomic E-state index is 14.7. The van der Waals surface area contributed by atoms with Gasteiger partial charge in [0.15, 0.2) is 0 Å². The number of anilines is 2. The Kier molecular flexibility index (Phi) is 8.38. The van der Waals surface area contributed by atoms with Gasteiger partial charge >= 0.3 is 6.03 Å². The molecular weight excluding hydrogens is 498 g/mol. The summed E-state index contributed by atoms with van der Waals surface area (Å²) in [6.45, 7) is 8.02. The number of hydrogen-bond acceptors (Lipinski definition) is 5. The first-order valence-corrected chi connectivity index (χ1v) is 12.6. The van der Waals surface area contributed by atoms with Gasteiger partial charge in [-0.25, -0.2) is 18.4 Å². The minimum atomic E-state index is -0.715. The molecule has 10 heteroatoms. The number of carbonyl (C=O) groups is 1. The lowest BCUT2D eigenvalue weighted by Gasteiger charge is -2.13. The Bertz CT molecular complexity index is 1460. The molecule has 1 aromatic heterocycles. The smallest absolute Gasteiger partial charge is 0.323 e. The Morgan fingerprint density at radius 2 is 1.86 bits per heavy atom. The van der Waals surface area contributed by atoms with Crippen molar-refractivity contribution in [1.29, 1.82) is 0 Å². The van der Waals surface area contributed by atoms with Crippen molar-refractivity contribution in [2.75, 3.05) is 29.2 Å². The van der Waals surface area contributed by atoms with Crippen LogP contribution in [0, 0.1) is 18.2 Å². The maximum absolute atomic E-state index is 14.7. The predicted molar refractivity (Wildman–Crippen MR) is 142 cm³/mol. The van der Waals surface area contributed by atoms with Crippen LogP contribution < -0.4 is 20.1 Å². The molecule has 0 bridgehead atoms. The van der Waals surface area contributed by atoms with Crippen molar-refractivity contribution in [1.82, 2.24) is 4.98 Å². The first-order chi connectivity index (χ1) is 18.0. The van der Waals surface area contributed by atoms with Crippen molar-refractivity contribution >= 4 is 45.8 Å². The maximum Gasteiger partial charge on any atom is 0.323 e. The Balaban J connectivity index is 1.49. The van der Waals surface area contributed by atoms with E-state index in [4.69, 9.17) is 16.0 Å². The van der Waals surface area contributed by atoms with Crippen molar-refractivity contribution in [3.8, 4) is 17.2 Å². The number of hydrogen-bond donors (Lipinski definition) is 2. The number of benzene rings is 3. The molecule has 2 amide bonds. The van der Waals surface area contributed by atoms with Crippen LogP contribution in [-0.4, -0.2) is 29.6 Å². The van der Waals surface area contributed by atoms with Gasteiger partial charge in [-0.05, 0) is 73.0 Å². The van der Waals surface area contributed by atoms with Gasteiger partial charge < -0.3 is 20.1 Å². The summed E-state index contributed by atoms with van der Waals surface area (Å²) in [6.07, 6.45) is 4.44. The number of carbonyl (C=O) groups excluding carboxylic acids is 1. The molecule has 7 nitrogen and oxygen atoms in total. The second-order valence-corrected chi connectivity index (χ2v) is 8.77. The Morgan fingerprint density at radius 3 is 2.59 bits per heavy atom. The first kappa shape index (κ1) is 25.7. The second-order valence-electron chi connectivity index (χ2n) is 7.78. The van der Waals surface area contributed by atoms with E-state index < -0.39 is 17.7 Å². The molecule has 3 aromatic carbocycles. The van der Waals surface area contributed by atoms with Gasteiger partial charge in [0.1, 0.15) is 28.9 Å². The topological polar surface area (TPSA) is 76.8 Å². The quantitative estimate of drug-likeness (QED) is 0.175. The largest absolute Gasteiger partial charge is 0.505 e. The number of halogens is 2. The molecule has 4 rings (SSSR count). The van der Waals surface area contributed by atoms with Crippen LogP contribution in [0.25, 0.3) is 15.7 Å². The molecule has 0 radical (unpaired) electrons. The van der Waals surface area contributed by atoms with E-state index in [-0.39, 0.29) is 11.4 Å². The summed E-state index contributed by atoms with van der Waals surface area (Å²) in [7, 11) is 0. The lowest BCUT2D eigenvalue weighted by atomic mass is 10.1. The second kappa shape index (κ2) is 12.1. The molecule has 0 fully saturated rings. The van der Waals surface area contributed by atoms with Crippen LogP contribution in [-0.2, 0) is 0 Å². The summed E-state index contributed by atoms with van der Waals surface area (Å²) in [5, 5.41) is 5.48. The number of urea groups is 1. The minimum Gasteiger partial charge on any atom is -0.505 e. The van der Waals surface area contributed by atoms with Crippen LogP contribution >= 0.6 is 11.8 Å². The van der Waals surface area contributed by atoms with Crippen LogP contribution in [0.2, 0.25) is 0 Å². The molecule has 188 valence electrons. The SMILES string of the molecule is [C-]#[N+]c1cc2c(Oc3ccc(NC(=O)Nc4ccc(F)cc4)c(F)c3)ccnc2cc1OCCCSC. The fraction of sp³-hybridized carbons (Fsp3) is 0.148. The predicted octanol–water partition coefficient (Wildman–Crippen LogP) is 7.63. The third-order valence-electron chi connectivity index (χ3n) is 5.17. The van der Waals surface area contributed by atoms with Gasteiger partial charge in [-0.2, -0.15) is 11.8 Å². The molecule has 0 unspecified atom stereocenters. The monoisotopic (exact) mass is 520 g/mol. The molecule has 0 atom stereocenters. The third-order valence-corrected chi connectivity index (χ3v) is 5.87. The highest BCUT2D eigenvalue weighted by molar-refractivity contribution is 7.98. The molecule has 0 saturated carbocycles. The average Bonchev–Trinajstić information content (AvgIpc) is 2.89. The Labute approximate surface area is 216 Å². The van der Waals surface area contributed by atoms with Crippen LogP contribution in [0.5, 0.6) is 17.2 Å². The highest BCUT2D eigenvalue weighted by atomic mass is 32.2. The van der Waals surface area contributed by atoms with Crippen molar-refractivity contribution in [2.45, 2.75) is 6.42 Å². The molecule has 0 spiro atoms. The molecule has 0 aliphatic rings. The zero-order valence-corrected chi connectivity index (χ0v) is 20.6. The van der Waals surface area contributed by atoms with Crippen LogP contribution in [0.1, 0.15) is 6.42 Å². The van der Waals surface area contributed by atoms with Crippen molar-refractivity contribution < 1.29 is 23.0 Å². The number of thioether (sulfide) groups is 1. The van der Waals surface area contributed by atoms with Gasteiger partial charge in [-0.15, -0.1) is 0 Å². The standard InChI is InChI=1S/C27H22F2N4O3S/c1-30-24-15-20-23(16-26(24)35-12-3-13-37-2)31-11-10-25(20)36-19-8-9-22(21(29)14-19)33-27(34)32-18-6-4-17(28)5-7-18/h4-11,14-16H,3,12-13H2,2H3,(H2,32,33,34). The molecule has 0 aliphatic heterocycles. The molecule has 37 heavy (non-hydrogen) atoms. The summed E-state index contributed by atoms with van der Waals surface area (Å²) >= 11 is 1.73. The van der Waals surface area contributed by atoms with Gasteiger partial charge in [0.2, 0.25) is 5.69 Å². The van der Waals surface area contributed by atoms with Crippen LogP contribution in [0.3, 0.4) is 0 Å². The molecule has 0 saturated heterocycles. The van der Waals surface area contributed by atoms with E-state index in [9.17, 15) is 13.6 Å². The Morgan fingerprint density at radius 1 is 1.05 bits per heavy atom. The van der Waals surface area contributed by atoms with E-state index in [1.54, 1.807) is 36.2 Å². The fourth-order valence-corrected chi connectivity index (χ4v) is 3.83. The number of rotatable bonds is 9. The average molecular weight is 521 g/mol. The van der Waals surface area contributed by atoms with E-state index in [2.05, 4.69) is 20.5 Å². The van der Waals surface area contributed by atoms with E-state index >= 15 is 0 Å². The van der Waals surface area contributed by atoms with Crippen LogP contribution in [0.4, 0.5) is 30.6 Å². The summed E-state index contributed by atoms with van der Waals surface area (Å²) in [6, 6.07) is 13.5. The summed E-state index contributed by atoms with van der Waals surface area (Å²) in [5.74, 6) is 0.840. The number of ether oxygens (including phenoxy) is 2. The molecule has 4 aromatic rings. The molecule has 1 heterocycles. The van der Waals surface area contributed by atoms with Gasteiger partial charge in [0.05, 0.1) is 24.4 Å². The highest BCUT2D eigenvalue weighted by Gasteiger charge is 2.13. The van der Waals surface area contributed by atoms with Crippen molar-refractivity contribution in [2.24, 2.45) is 0 Å². The van der Waals surface area contributed by atoms with Gasteiger partial charge in [0, 0.05) is 23.3 Å². The van der Waals surface area contributed by atoms with Crippen molar-refractivity contribution in [3.63, 3.8) is 0 Å². The van der Waals surface area contributed by atoms with E-state index in [1.807, 2.05) is 6.26 Å². The Hall–Kier alpha value is -4.36. The molecule has 0 aliphatic carbocycles. The van der Waals surface area contributed by atoms with E-state index in [1.165, 1.54) is 36.4 Å². The van der Waals surface area contributed by atoms with Gasteiger partial charge in [-0.1, -0.05) is 0 Å². The zero-order chi connectivity index (χ0) is 26.2. The summed E-state index contributed by atoms with van der Waals surface area (Å²) in [4.78, 5) is 20.1. The van der Waals surface area contributed by atoms with Crippen LogP contribution in [0.15, 0.2) is 66.9 Å². The highest BCUT2D eigenvalue weighted by Crippen LogP contribution is 2.37. The fourth-order valence-electron chi connectivity index (χ4n) is 3.42. The van der Waals surface area contributed by atoms with E-state index in [0.717, 1.165) is 18.2 Å². The van der Waals surface area contributed by atoms with E-state index in [0.29, 0.717) is 40.4 Å². The summed E-state index contributed by atoms with van der Waals surface area (Å²) < 4.78 is 39.4. The zero-order valence-electron chi connectivity index (χ0n) is 19.8. The third kappa shape index (κ3) is 6.65. The lowest BCUT2D eigenvalue weighted by Crippen LogP contribution is -2.20. The number of pyridine rings is 1. The number of fused-ring (bicyclic) bond motifs is 1. The molecule has 2 N–H and O–H groups in total. The normalized spacial score (nSPS) is 10.5. The lowest BCUT2D eigenvalue weighted by molar-refractivity contribution is 0.262. The number of aromatic nitrogens is 1. The number of amides is 2.